The highest BCUT2D eigenvalue weighted by Crippen LogP contribution is 2.20. The minimum Gasteiger partial charge on any atom is -0.326 e. The van der Waals surface area contributed by atoms with Gasteiger partial charge in [0.1, 0.15) is 9.84 Å². The molecule has 0 bridgehead atoms. The molecule has 0 saturated heterocycles. The molecule has 1 N–H and O–H groups in total. The van der Waals surface area contributed by atoms with E-state index in [1.807, 2.05) is 19.1 Å². The highest BCUT2D eigenvalue weighted by molar-refractivity contribution is 9.10. The van der Waals surface area contributed by atoms with Crippen LogP contribution in [0.2, 0.25) is 0 Å². The van der Waals surface area contributed by atoms with Crippen LogP contribution in [0.4, 0.5) is 5.69 Å². The summed E-state index contributed by atoms with van der Waals surface area (Å²) in [7, 11) is -3.10. The van der Waals surface area contributed by atoms with Gasteiger partial charge in [-0.15, -0.1) is 0 Å². The van der Waals surface area contributed by atoms with Crippen molar-refractivity contribution < 1.29 is 13.2 Å². The Labute approximate surface area is 109 Å². The van der Waals surface area contributed by atoms with Crippen LogP contribution in [-0.2, 0) is 14.6 Å². The molecule has 0 saturated carbocycles. The Kier molecular flexibility index (Phi) is 4.70. The Bertz CT molecular complexity index is 526. The first-order valence-electron chi connectivity index (χ1n) is 5.01. The van der Waals surface area contributed by atoms with Gasteiger partial charge >= 0.3 is 0 Å². The molecular formula is C11H14BrNO3S. The molecule has 94 valence electrons. The number of aryl methyl sites for hydroxylation is 1. The lowest BCUT2D eigenvalue weighted by atomic mass is 10.2. The summed E-state index contributed by atoms with van der Waals surface area (Å²) in [5.74, 6) is -0.421. The monoisotopic (exact) mass is 319 g/mol. The van der Waals surface area contributed by atoms with Crippen molar-refractivity contribution in [1.82, 2.24) is 0 Å². The SMILES string of the molecule is Cc1cc(Br)ccc1NC(=O)CCS(C)(=O)=O. The number of carbonyl (C=O) groups is 1. The lowest BCUT2D eigenvalue weighted by molar-refractivity contribution is -0.115. The van der Waals surface area contributed by atoms with Crippen molar-refractivity contribution in [2.24, 2.45) is 0 Å². The number of rotatable bonds is 4. The van der Waals surface area contributed by atoms with E-state index in [2.05, 4.69) is 21.2 Å². The van der Waals surface area contributed by atoms with Gasteiger partial charge in [0.25, 0.3) is 0 Å². The number of carbonyl (C=O) groups excluding carboxylic acids is 1. The van der Waals surface area contributed by atoms with Crippen LogP contribution in [0.15, 0.2) is 22.7 Å². The maximum Gasteiger partial charge on any atom is 0.225 e. The molecule has 0 spiro atoms. The smallest absolute Gasteiger partial charge is 0.225 e. The average Bonchev–Trinajstić information content (AvgIpc) is 2.18. The molecule has 0 atom stereocenters. The van der Waals surface area contributed by atoms with Crippen molar-refractivity contribution in [3.8, 4) is 0 Å². The summed E-state index contributed by atoms with van der Waals surface area (Å²) in [6, 6.07) is 5.48. The van der Waals surface area contributed by atoms with Crippen molar-refractivity contribution in [1.29, 1.82) is 0 Å². The molecular weight excluding hydrogens is 306 g/mol. The second-order valence-electron chi connectivity index (χ2n) is 3.89. The summed E-state index contributed by atoms with van der Waals surface area (Å²) in [5, 5.41) is 2.69. The zero-order valence-electron chi connectivity index (χ0n) is 9.66. The first-order valence-corrected chi connectivity index (χ1v) is 7.87. The number of halogens is 1. The number of hydrogen-bond acceptors (Lipinski definition) is 3. The minimum absolute atomic E-state index is 0.0195. The molecule has 0 heterocycles. The Hall–Kier alpha value is -0.880. The molecule has 0 aliphatic heterocycles. The molecule has 0 fully saturated rings. The quantitative estimate of drug-likeness (QED) is 0.924. The first kappa shape index (κ1) is 14.2. The molecule has 0 aliphatic rings. The molecule has 0 aliphatic carbocycles. The van der Waals surface area contributed by atoms with Crippen molar-refractivity contribution >= 4 is 37.4 Å². The normalized spacial score (nSPS) is 11.2. The maximum absolute atomic E-state index is 11.5. The minimum atomic E-state index is -3.10. The lowest BCUT2D eigenvalue weighted by Gasteiger charge is -2.08. The van der Waals surface area contributed by atoms with E-state index in [-0.39, 0.29) is 18.1 Å². The van der Waals surface area contributed by atoms with Crippen molar-refractivity contribution in [3.05, 3.63) is 28.2 Å². The highest BCUT2D eigenvalue weighted by atomic mass is 79.9. The third-order valence-corrected chi connectivity index (χ3v) is 3.60. The van der Waals surface area contributed by atoms with Gasteiger partial charge in [0.15, 0.2) is 0 Å². The zero-order valence-corrected chi connectivity index (χ0v) is 12.1. The van der Waals surface area contributed by atoms with E-state index in [1.165, 1.54) is 0 Å². The highest BCUT2D eigenvalue weighted by Gasteiger charge is 2.09. The van der Waals surface area contributed by atoms with Gasteiger partial charge in [-0.3, -0.25) is 4.79 Å². The average molecular weight is 320 g/mol. The van der Waals surface area contributed by atoms with Crippen LogP contribution in [0, 0.1) is 6.92 Å². The summed E-state index contributed by atoms with van der Waals surface area (Å²) in [6.07, 6.45) is 1.10. The van der Waals surface area contributed by atoms with E-state index < -0.39 is 9.84 Å². The third-order valence-electron chi connectivity index (χ3n) is 2.16. The molecule has 17 heavy (non-hydrogen) atoms. The number of anilines is 1. The van der Waals surface area contributed by atoms with Crippen molar-refractivity contribution in [3.63, 3.8) is 0 Å². The summed E-state index contributed by atoms with van der Waals surface area (Å²) >= 11 is 3.33. The topological polar surface area (TPSA) is 63.2 Å². The fourth-order valence-corrected chi connectivity index (χ4v) is 2.29. The van der Waals surface area contributed by atoms with Crippen LogP contribution in [0.5, 0.6) is 0 Å². The van der Waals surface area contributed by atoms with E-state index in [9.17, 15) is 13.2 Å². The Morgan fingerprint density at radius 1 is 1.41 bits per heavy atom. The van der Waals surface area contributed by atoms with Crippen molar-refractivity contribution in [2.45, 2.75) is 13.3 Å². The molecule has 0 unspecified atom stereocenters. The molecule has 1 amide bonds. The molecule has 6 heteroatoms. The molecule has 1 aromatic rings. The van der Waals surface area contributed by atoms with Gasteiger partial charge in [0.2, 0.25) is 5.91 Å². The molecule has 0 radical (unpaired) electrons. The second-order valence-corrected chi connectivity index (χ2v) is 7.06. The summed E-state index contributed by atoms with van der Waals surface area (Å²) in [5.41, 5.74) is 1.62. The fraction of sp³-hybridized carbons (Fsp3) is 0.364. The van der Waals surface area contributed by atoms with Gasteiger partial charge in [-0.2, -0.15) is 0 Å². The number of nitrogens with one attached hydrogen (secondary N) is 1. The van der Waals surface area contributed by atoms with E-state index in [4.69, 9.17) is 0 Å². The molecule has 0 aromatic heterocycles. The first-order chi connectivity index (χ1) is 7.78. The number of hydrogen-bond donors (Lipinski definition) is 1. The number of amides is 1. The van der Waals surface area contributed by atoms with E-state index in [0.29, 0.717) is 5.69 Å². The molecule has 4 nitrogen and oxygen atoms in total. The van der Waals surface area contributed by atoms with Crippen LogP contribution in [0.25, 0.3) is 0 Å². The van der Waals surface area contributed by atoms with Gasteiger partial charge in [-0.1, -0.05) is 15.9 Å². The predicted octanol–water partition coefficient (Wildman–Crippen LogP) is 2.13. The summed E-state index contributed by atoms with van der Waals surface area (Å²) in [6.45, 7) is 1.87. The largest absolute Gasteiger partial charge is 0.326 e. The van der Waals surface area contributed by atoms with Crippen LogP contribution in [-0.4, -0.2) is 26.3 Å². The van der Waals surface area contributed by atoms with Crippen LogP contribution < -0.4 is 5.32 Å². The lowest BCUT2D eigenvalue weighted by Crippen LogP contribution is -2.17. The van der Waals surface area contributed by atoms with E-state index in [1.54, 1.807) is 6.07 Å². The van der Waals surface area contributed by atoms with Gasteiger partial charge in [-0.05, 0) is 30.7 Å². The maximum atomic E-state index is 11.5. The van der Waals surface area contributed by atoms with E-state index >= 15 is 0 Å². The Morgan fingerprint density at radius 2 is 2.06 bits per heavy atom. The van der Waals surface area contributed by atoms with Crippen LogP contribution >= 0.6 is 15.9 Å². The Morgan fingerprint density at radius 3 is 2.59 bits per heavy atom. The van der Waals surface area contributed by atoms with Gasteiger partial charge in [0.05, 0.1) is 5.75 Å². The molecule has 1 aromatic carbocycles. The van der Waals surface area contributed by atoms with Gasteiger partial charge < -0.3 is 5.32 Å². The summed E-state index contributed by atoms with van der Waals surface area (Å²) < 4.78 is 22.8. The number of benzene rings is 1. The zero-order chi connectivity index (χ0) is 13.1. The standard InChI is InChI=1S/C11H14BrNO3S/c1-8-7-9(12)3-4-10(8)13-11(14)5-6-17(2,15)16/h3-4,7H,5-6H2,1-2H3,(H,13,14). The van der Waals surface area contributed by atoms with Gasteiger partial charge in [-0.25, -0.2) is 8.42 Å². The van der Waals surface area contributed by atoms with Crippen LogP contribution in [0.1, 0.15) is 12.0 Å². The third kappa shape index (κ3) is 5.32. The summed E-state index contributed by atoms with van der Waals surface area (Å²) in [4.78, 5) is 11.5. The van der Waals surface area contributed by atoms with Gasteiger partial charge in [0, 0.05) is 22.8 Å². The number of sulfone groups is 1. The second kappa shape index (κ2) is 5.64. The fourth-order valence-electron chi connectivity index (χ4n) is 1.26. The van der Waals surface area contributed by atoms with Crippen molar-refractivity contribution in [2.75, 3.05) is 17.3 Å². The molecule has 1 rings (SSSR count). The van der Waals surface area contributed by atoms with E-state index in [0.717, 1.165) is 16.3 Å². The Balaban J connectivity index is 2.62. The van der Waals surface area contributed by atoms with Crippen LogP contribution in [0.3, 0.4) is 0 Å². The predicted molar refractivity (Wildman–Crippen MR) is 71.8 cm³/mol.